The summed E-state index contributed by atoms with van der Waals surface area (Å²) in [7, 11) is -4.71. The summed E-state index contributed by atoms with van der Waals surface area (Å²) >= 11 is 5.57. The highest BCUT2D eigenvalue weighted by molar-refractivity contribution is 7.86. The van der Waals surface area contributed by atoms with Gasteiger partial charge in [0.05, 0.1) is 0 Å². The number of pyridine rings is 1. The molecule has 14 heavy (non-hydrogen) atoms. The lowest BCUT2D eigenvalue weighted by atomic mass is 10.3. The number of aromatic nitrogens is 2. The number of fused-ring (bicyclic) bond motifs is 1. The van der Waals surface area contributed by atoms with Crippen LogP contribution in [0.2, 0.25) is 5.15 Å². The van der Waals surface area contributed by atoms with Gasteiger partial charge < -0.3 is 4.98 Å². The van der Waals surface area contributed by atoms with Crippen molar-refractivity contribution in [3.05, 3.63) is 23.5 Å². The highest BCUT2D eigenvalue weighted by Gasteiger charge is 2.17. The molecule has 0 atom stereocenters. The minimum Gasteiger partial charge on any atom is -0.345 e. The maximum Gasteiger partial charge on any atom is 0.334 e. The molecule has 2 rings (SSSR count). The molecule has 0 spiro atoms. The van der Waals surface area contributed by atoms with Crippen LogP contribution in [0.1, 0.15) is 0 Å². The van der Waals surface area contributed by atoms with Crippen molar-refractivity contribution < 1.29 is 12.3 Å². The van der Waals surface area contributed by atoms with Crippen molar-refractivity contribution in [2.24, 2.45) is 0 Å². The van der Waals surface area contributed by atoms with Crippen molar-refractivity contribution in [2.45, 2.75) is 4.90 Å². The fourth-order valence-corrected chi connectivity index (χ4v) is 1.93. The van der Waals surface area contributed by atoms with E-state index >= 15 is 0 Å². The average Bonchev–Trinajstić information content (AvgIpc) is 2.45. The van der Waals surface area contributed by atoms with E-state index in [-0.39, 0.29) is 16.2 Å². The number of hydrogen-bond acceptors (Lipinski definition) is 3. The van der Waals surface area contributed by atoms with Gasteiger partial charge in [-0.25, -0.2) is 4.98 Å². The van der Waals surface area contributed by atoms with Gasteiger partial charge in [-0.1, -0.05) is 11.6 Å². The van der Waals surface area contributed by atoms with Crippen LogP contribution in [0.15, 0.2) is 23.2 Å². The van der Waals surface area contributed by atoms with Crippen LogP contribution in [-0.4, -0.2) is 18.4 Å². The molecule has 0 unspecified atom stereocenters. The second-order valence-electron chi connectivity index (χ2n) is 2.62. The van der Waals surface area contributed by atoms with E-state index in [0.29, 0.717) is 0 Å². The molecule has 74 valence electrons. The lowest BCUT2D eigenvalue weighted by molar-refractivity contribution is 0.553. The highest BCUT2D eigenvalue weighted by Crippen LogP contribution is 2.24. The molecule has 0 saturated carbocycles. The third-order valence-corrected chi connectivity index (χ3v) is 2.80. The summed E-state index contributed by atoms with van der Waals surface area (Å²) in [4.78, 5) is 5.89. The van der Waals surface area contributed by atoms with E-state index in [2.05, 4.69) is 9.97 Å². The number of nitrogens with zero attached hydrogens (tertiary/aromatic N) is 1. The molecule has 2 heterocycles. The van der Waals surface area contributed by atoms with Crippen molar-refractivity contribution in [3.63, 3.8) is 0 Å². The maximum atomic E-state index is 12.7. The summed E-state index contributed by atoms with van der Waals surface area (Å²) in [6.45, 7) is 0. The molecule has 0 radical (unpaired) electrons. The largest absolute Gasteiger partial charge is 0.345 e. The molecule has 0 aromatic carbocycles. The number of hydrogen-bond donors (Lipinski definition) is 1. The second-order valence-corrected chi connectivity index (χ2v) is 4.32. The van der Waals surface area contributed by atoms with Gasteiger partial charge >= 0.3 is 10.2 Å². The molecule has 2 aromatic heterocycles. The number of nitrogens with one attached hydrogen (secondary N) is 1. The normalized spacial score (nSPS) is 12.1. The molecular formula is C7H4ClFN2O2S. The first-order chi connectivity index (χ1) is 6.48. The van der Waals surface area contributed by atoms with Crippen LogP contribution in [0.25, 0.3) is 11.0 Å². The highest BCUT2D eigenvalue weighted by atomic mass is 35.5. The first kappa shape index (κ1) is 9.42. The van der Waals surface area contributed by atoms with Crippen molar-refractivity contribution in [3.8, 4) is 0 Å². The molecule has 2 aromatic rings. The van der Waals surface area contributed by atoms with Crippen LogP contribution in [0.4, 0.5) is 3.89 Å². The Morgan fingerprint density at radius 2 is 2.14 bits per heavy atom. The monoisotopic (exact) mass is 234 g/mol. The minimum absolute atomic E-state index is 0.192. The van der Waals surface area contributed by atoms with Crippen LogP contribution in [0, 0.1) is 0 Å². The Kier molecular flexibility index (Phi) is 1.97. The van der Waals surface area contributed by atoms with Gasteiger partial charge in [-0.2, -0.15) is 8.42 Å². The third-order valence-electron chi connectivity index (χ3n) is 1.73. The standard InChI is InChI=1S/C7H4ClFN2O2S/c8-6-2-1-4-5(14(9,12)13)3-10-7(4)11-6/h1-3H,(H,10,11). The van der Waals surface area contributed by atoms with Gasteiger partial charge in [-0.3, -0.25) is 0 Å². The zero-order valence-electron chi connectivity index (χ0n) is 6.66. The van der Waals surface area contributed by atoms with Gasteiger partial charge in [-0.15, -0.1) is 3.89 Å². The molecule has 1 N–H and O–H groups in total. The molecule has 7 heteroatoms. The topological polar surface area (TPSA) is 62.8 Å². The van der Waals surface area contributed by atoms with E-state index < -0.39 is 15.1 Å². The van der Waals surface area contributed by atoms with Gasteiger partial charge in [0.2, 0.25) is 0 Å². The van der Waals surface area contributed by atoms with E-state index in [4.69, 9.17) is 11.6 Å². The maximum absolute atomic E-state index is 12.7. The lowest BCUT2D eigenvalue weighted by Gasteiger charge is -1.92. The van der Waals surface area contributed by atoms with Crippen LogP contribution >= 0.6 is 11.6 Å². The van der Waals surface area contributed by atoms with Gasteiger partial charge in [0.15, 0.2) is 0 Å². The van der Waals surface area contributed by atoms with Crippen molar-refractivity contribution in [1.29, 1.82) is 0 Å². The summed E-state index contributed by atoms with van der Waals surface area (Å²) in [6.07, 6.45) is 1.04. The van der Waals surface area contributed by atoms with Gasteiger partial charge in [0.1, 0.15) is 15.7 Å². The number of rotatable bonds is 1. The molecule has 0 aliphatic carbocycles. The van der Waals surface area contributed by atoms with Crippen LogP contribution in [-0.2, 0) is 10.2 Å². The predicted molar refractivity (Wildman–Crippen MR) is 49.4 cm³/mol. The van der Waals surface area contributed by atoms with Crippen molar-refractivity contribution in [1.82, 2.24) is 9.97 Å². The number of halogens is 2. The van der Waals surface area contributed by atoms with E-state index in [0.717, 1.165) is 6.20 Å². The molecule has 0 aliphatic rings. The second kappa shape index (κ2) is 2.93. The number of H-pyrrole nitrogens is 1. The Labute approximate surface area is 83.9 Å². The predicted octanol–water partition coefficient (Wildman–Crippen LogP) is 1.87. The van der Waals surface area contributed by atoms with Gasteiger partial charge in [-0.05, 0) is 12.1 Å². The summed E-state index contributed by atoms with van der Waals surface area (Å²) in [5, 5.41) is 0.402. The zero-order valence-corrected chi connectivity index (χ0v) is 8.23. The molecule has 4 nitrogen and oxygen atoms in total. The van der Waals surface area contributed by atoms with E-state index in [1.54, 1.807) is 0 Å². The van der Waals surface area contributed by atoms with E-state index in [1.165, 1.54) is 12.1 Å². The molecular weight excluding hydrogens is 231 g/mol. The van der Waals surface area contributed by atoms with E-state index in [1.807, 2.05) is 0 Å². The van der Waals surface area contributed by atoms with Crippen molar-refractivity contribution in [2.75, 3.05) is 0 Å². The third kappa shape index (κ3) is 1.46. The number of aromatic amines is 1. The van der Waals surface area contributed by atoms with Crippen LogP contribution in [0.5, 0.6) is 0 Å². The summed E-state index contributed by atoms with van der Waals surface area (Å²) in [6, 6.07) is 2.79. The molecule has 0 fully saturated rings. The zero-order chi connectivity index (χ0) is 10.3. The summed E-state index contributed by atoms with van der Waals surface area (Å²) < 4.78 is 34.0. The smallest absolute Gasteiger partial charge is 0.334 e. The first-order valence-corrected chi connectivity index (χ1v) is 5.33. The van der Waals surface area contributed by atoms with Crippen LogP contribution in [0.3, 0.4) is 0 Å². The molecule has 0 amide bonds. The van der Waals surface area contributed by atoms with Crippen LogP contribution < -0.4 is 0 Å². The fraction of sp³-hybridized carbons (Fsp3) is 0. The SMILES string of the molecule is O=S(=O)(F)c1c[nH]c2nc(Cl)ccc12. The fourth-order valence-electron chi connectivity index (χ4n) is 1.16. The van der Waals surface area contributed by atoms with Gasteiger partial charge in [0, 0.05) is 11.6 Å². The summed E-state index contributed by atoms with van der Waals surface area (Å²) in [5.74, 6) is 0. The Balaban J connectivity index is 2.83. The Morgan fingerprint density at radius 3 is 2.79 bits per heavy atom. The van der Waals surface area contributed by atoms with Gasteiger partial charge in [0.25, 0.3) is 0 Å². The lowest BCUT2D eigenvalue weighted by Crippen LogP contribution is -1.89. The summed E-state index contributed by atoms with van der Waals surface area (Å²) in [5.41, 5.74) is 0.244. The molecule has 0 saturated heterocycles. The van der Waals surface area contributed by atoms with Crippen molar-refractivity contribution >= 4 is 32.9 Å². The minimum atomic E-state index is -4.71. The van der Waals surface area contributed by atoms with E-state index in [9.17, 15) is 12.3 Å². The average molecular weight is 235 g/mol. The Bertz CT molecular complexity index is 593. The Morgan fingerprint density at radius 1 is 1.43 bits per heavy atom. The molecule has 0 aliphatic heterocycles. The molecule has 0 bridgehead atoms. The quantitative estimate of drug-likeness (QED) is 0.605. The first-order valence-electron chi connectivity index (χ1n) is 3.57. The Hall–Kier alpha value is -1.14.